The molecule has 67 heavy (non-hydrogen) atoms. The van der Waals surface area contributed by atoms with Crippen LogP contribution in [0.15, 0.2) is 230 Å². The standard InChI is InChI=1S/C65H50N2/c1-2-19-45(20-3-1)64-49-22-5-4-18-43(49)36-41-63(64)66(46-37-34-44(35-38-46)48-21-9-15-31-60(48)67-61-32-16-10-26-53(61)54-27-11-17-33-62(54)67)47-39-40-59-55(42-47)52-25-8-14-30-58(52)65(59)56-28-12-6-23-50(56)51-24-7-13-29-57(51)65/h1-7,9-13,15-23,26-29,31-42,51-52,58H,8,14,24-25,30H2. The van der Waals surface area contributed by atoms with Gasteiger partial charge in [0.2, 0.25) is 0 Å². The Hall–Kier alpha value is -7.68. The normalized spacial score (nSPS) is 20.2. The first kappa shape index (κ1) is 38.6. The molecule has 0 saturated heterocycles. The van der Waals surface area contributed by atoms with Gasteiger partial charge in [-0.25, -0.2) is 0 Å². The van der Waals surface area contributed by atoms with Crippen molar-refractivity contribution in [2.45, 2.75) is 49.4 Å². The van der Waals surface area contributed by atoms with Gasteiger partial charge in [-0.05, 0) is 129 Å². The highest BCUT2D eigenvalue weighted by Gasteiger charge is 2.60. The Morgan fingerprint density at radius 3 is 2.01 bits per heavy atom. The maximum absolute atomic E-state index is 2.62. The highest BCUT2D eigenvalue weighted by Crippen LogP contribution is 2.69. The van der Waals surface area contributed by atoms with Gasteiger partial charge in [-0.2, -0.15) is 0 Å². The molecule has 9 aromatic carbocycles. The molecule has 320 valence electrons. The lowest BCUT2D eigenvalue weighted by Crippen LogP contribution is -2.35. The number of fused-ring (bicyclic) bond motifs is 14. The summed E-state index contributed by atoms with van der Waals surface area (Å²) < 4.78 is 2.45. The number of rotatable bonds is 6. The molecule has 2 heteroatoms. The van der Waals surface area contributed by atoms with Crippen LogP contribution in [-0.2, 0) is 5.41 Å². The van der Waals surface area contributed by atoms with E-state index in [0.29, 0.717) is 17.8 Å². The molecule has 1 saturated carbocycles. The average Bonchev–Trinajstić information content (AvgIpc) is 4.01. The van der Waals surface area contributed by atoms with E-state index in [1.165, 1.54) is 97.6 Å². The van der Waals surface area contributed by atoms with Gasteiger partial charge >= 0.3 is 0 Å². The molecule has 0 radical (unpaired) electrons. The zero-order chi connectivity index (χ0) is 44.1. The first-order chi connectivity index (χ1) is 33.3. The summed E-state index contributed by atoms with van der Waals surface area (Å²) in [6.07, 6.45) is 13.4. The van der Waals surface area contributed by atoms with Gasteiger partial charge in [-0.3, -0.25) is 0 Å². The quantitative estimate of drug-likeness (QED) is 0.162. The van der Waals surface area contributed by atoms with E-state index >= 15 is 0 Å². The largest absolute Gasteiger partial charge is 0.310 e. The molecule has 10 aromatic rings. The van der Waals surface area contributed by atoms with Crippen molar-refractivity contribution in [3.63, 3.8) is 0 Å². The molecule has 0 bridgehead atoms. The molecule has 14 rings (SSSR count). The molecule has 1 spiro atoms. The number of benzene rings is 9. The summed E-state index contributed by atoms with van der Waals surface area (Å²) in [6, 6.07) is 77.6. The highest BCUT2D eigenvalue weighted by atomic mass is 15.1. The fraction of sp³-hybridized carbons (Fsp3) is 0.138. The summed E-state index contributed by atoms with van der Waals surface area (Å²) in [4.78, 5) is 2.56. The SMILES string of the molecule is C1=CCC2C(=C1)C1(c3ccccc32)c2ccc(N(c3ccc(-c4ccccc4-n4c5ccccc5c5ccccc54)cc3)c3ccc4ccccc4c3-c3ccccc3)cc2C2CCCCC21. The third kappa shape index (κ3) is 5.63. The topological polar surface area (TPSA) is 8.17 Å². The van der Waals surface area contributed by atoms with E-state index in [2.05, 4.69) is 234 Å². The van der Waals surface area contributed by atoms with Crippen molar-refractivity contribution in [1.82, 2.24) is 4.57 Å². The molecule has 2 nitrogen and oxygen atoms in total. The van der Waals surface area contributed by atoms with Gasteiger partial charge in [0.15, 0.2) is 0 Å². The molecule has 4 aliphatic carbocycles. The number of anilines is 3. The summed E-state index contributed by atoms with van der Waals surface area (Å²) in [5.41, 5.74) is 19.8. The predicted molar refractivity (Wildman–Crippen MR) is 280 cm³/mol. The maximum Gasteiger partial charge on any atom is 0.0546 e. The van der Waals surface area contributed by atoms with Crippen LogP contribution in [0.2, 0.25) is 0 Å². The minimum atomic E-state index is -0.0840. The van der Waals surface area contributed by atoms with E-state index in [1.807, 2.05) is 0 Å². The van der Waals surface area contributed by atoms with Crippen LogP contribution in [0.1, 0.15) is 66.2 Å². The summed E-state index contributed by atoms with van der Waals surface area (Å²) in [5, 5.41) is 5.04. The molecule has 4 unspecified atom stereocenters. The minimum Gasteiger partial charge on any atom is -0.310 e. The molecule has 0 aliphatic heterocycles. The second-order valence-electron chi connectivity index (χ2n) is 19.3. The van der Waals surface area contributed by atoms with E-state index in [4.69, 9.17) is 0 Å². The summed E-state index contributed by atoms with van der Waals surface area (Å²) in [6.45, 7) is 0. The molecule has 4 aliphatic rings. The van der Waals surface area contributed by atoms with Gasteiger partial charge in [0.05, 0.1) is 22.4 Å². The van der Waals surface area contributed by atoms with Gasteiger partial charge in [-0.15, -0.1) is 0 Å². The van der Waals surface area contributed by atoms with Crippen molar-refractivity contribution in [1.29, 1.82) is 0 Å². The van der Waals surface area contributed by atoms with E-state index in [-0.39, 0.29) is 5.41 Å². The van der Waals surface area contributed by atoms with Crippen LogP contribution in [0, 0.1) is 5.92 Å². The van der Waals surface area contributed by atoms with Gasteiger partial charge in [0.1, 0.15) is 0 Å². The Bertz CT molecular complexity index is 3590. The summed E-state index contributed by atoms with van der Waals surface area (Å²) >= 11 is 0. The van der Waals surface area contributed by atoms with Gasteiger partial charge in [0, 0.05) is 44.6 Å². The molecular formula is C65H50N2. The Morgan fingerprint density at radius 1 is 0.507 bits per heavy atom. The first-order valence-corrected chi connectivity index (χ1v) is 24.4. The van der Waals surface area contributed by atoms with Crippen molar-refractivity contribution in [2.24, 2.45) is 5.92 Å². The lowest BCUT2D eigenvalue weighted by molar-refractivity contribution is 0.261. The van der Waals surface area contributed by atoms with Crippen LogP contribution in [0.5, 0.6) is 0 Å². The number of allylic oxidation sites excluding steroid dienone is 4. The van der Waals surface area contributed by atoms with E-state index < -0.39 is 0 Å². The van der Waals surface area contributed by atoms with Crippen LogP contribution >= 0.6 is 0 Å². The second-order valence-corrected chi connectivity index (χ2v) is 19.3. The van der Waals surface area contributed by atoms with E-state index in [1.54, 1.807) is 27.8 Å². The molecule has 1 fully saturated rings. The third-order valence-corrected chi connectivity index (χ3v) is 16.2. The summed E-state index contributed by atoms with van der Waals surface area (Å²) in [5.74, 6) is 1.52. The van der Waals surface area contributed by atoms with Crippen molar-refractivity contribution in [3.8, 4) is 27.9 Å². The van der Waals surface area contributed by atoms with Crippen LogP contribution < -0.4 is 4.90 Å². The van der Waals surface area contributed by atoms with Crippen LogP contribution in [-0.4, -0.2) is 4.57 Å². The zero-order valence-electron chi connectivity index (χ0n) is 37.5. The Kier molecular flexibility index (Phi) is 8.75. The number of para-hydroxylation sites is 3. The van der Waals surface area contributed by atoms with E-state index in [0.717, 1.165) is 12.1 Å². The molecule has 0 amide bonds. The van der Waals surface area contributed by atoms with Gasteiger partial charge in [-0.1, -0.05) is 189 Å². The average molecular weight is 859 g/mol. The van der Waals surface area contributed by atoms with E-state index in [9.17, 15) is 0 Å². The van der Waals surface area contributed by atoms with Crippen molar-refractivity contribution in [3.05, 3.63) is 252 Å². The fourth-order valence-electron chi connectivity index (χ4n) is 13.6. The van der Waals surface area contributed by atoms with Gasteiger partial charge in [0.25, 0.3) is 0 Å². The monoisotopic (exact) mass is 858 g/mol. The molecule has 1 aromatic heterocycles. The summed E-state index contributed by atoms with van der Waals surface area (Å²) in [7, 11) is 0. The second kappa shape index (κ2) is 15.2. The highest BCUT2D eigenvalue weighted by molar-refractivity contribution is 6.10. The number of hydrogen-bond donors (Lipinski definition) is 0. The molecule has 0 N–H and O–H groups in total. The molecule has 1 heterocycles. The van der Waals surface area contributed by atoms with Gasteiger partial charge < -0.3 is 9.47 Å². The first-order valence-electron chi connectivity index (χ1n) is 24.4. The lowest BCUT2D eigenvalue weighted by atomic mass is 9.62. The lowest BCUT2D eigenvalue weighted by Gasteiger charge is -2.41. The number of nitrogens with zero attached hydrogens (tertiary/aromatic N) is 2. The predicted octanol–water partition coefficient (Wildman–Crippen LogP) is 17.3. The molecular weight excluding hydrogens is 809 g/mol. The maximum atomic E-state index is 2.62. The Labute approximate surface area is 392 Å². The Morgan fingerprint density at radius 2 is 1.18 bits per heavy atom. The van der Waals surface area contributed by atoms with Crippen molar-refractivity contribution >= 4 is 49.6 Å². The fourth-order valence-corrected chi connectivity index (χ4v) is 13.6. The molecule has 4 atom stereocenters. The van der Waals surface area contributed by atoms with Crippen molar-refractivity contribution in [2.75, 3.05) is 4.90 Å². The van der Waals surface area contributed by atoms with Crippen LogP contribution in [0.25, 0.3) is 60.5 Å². The zero-order valence-corrected chi connectivity index (χ0v) is 37.5. The van der Waals surface area contributed by atoms with Crippen LogP contribution in [0.4, 0.5) is 17.1 Å². The number of hydrogen-bond acceptors (Lipinski definition) is 1. The smallest absolute Gasteiger partial charge is 0.0546 e. The van der Waals surface area contributed by atoms with Crippen molar-refractivity contribution < 1.29 is 0 Å². The Balaban J connectivity index is 0.974. The minimum absolute atomic E-state index is 0.0840. The number of aromatic nitrogens is 1. The third-order valence-electron chi connectivity index (χ3n) is 16.2. The van der Waals surface area contributed by atoms with Crippen LogP contribution in [0.3, 0.4) is 0 Å².